The summed E-state index contributed by atoms with van der Waals surface area (Å²) in [7, 11) is 0. The SMILES string of the molecule is C[C@@H](N)Cc1cc(C#N)c2c(c1)CCN2CCCOOC(=O)c1ccccc1. The predicted octanol–water partition coefficient (Wildman–Crippen LogP) is 2.99. The molecule has 0 bridgehead atoms. The van der Waals surface area contributed by atoms with E-state index in [1.54, 1.807) is 24.3 Å². The van der Waals surface area contributed by atoms with Gasteiger partial charge in [-0.15, -0.1) is 0 Å². The molecule has 1 aliphatic rings. The Kier molecular flexibility index (Phi) is 6.64. The molecule has 0 amide bonds. The van der Waals surface area contributed by atoms with Crippen molar-refractivity contribution in [3.63, 3.8) is 0 Å². The van der Waals surface area contributed by atoms with E-state index in [4.69, 9.17) is 15.5 Å². The molecular weight excluding hydrogens is 354 g/mol. The van der Waals surface area contributed by atoms with Crippen LogP contribution in [-0.4, -0.2) is 31.7 Å². The fraction of sp³-hybridized carbons (Fsp3) is 0.364. The second-order valence-corrected chi connectivity index (χ2v) is 7.09. The number of anilines is 1. The van der Waals surface area contributed by atoms with E-state index in [0.717, 1.165) is 37.2 Å². The van der Waals surface area contributed by atoms with E-state index in [-0.39, 0.29) is 6.04 Å². The van der Waals surface area contributed by atoms with E-state index in [1.165, 1.54) is 5.56 Å². The maximum Gasteiger partial charge on any atom is 0.373 e. The number of carbonyl (C=O) groups excluding carboxylic acids is 1. The van der Waals surface area contributed by atoms with Crippen molar-refractivity contribution in [2.24, 2.45) is 5.73 Å². The molecule has 2 N–H and O–H groups in total. The molecule has 0 aromatic heterocycles. The Morgan fingerprint density at radius 3 is 2.82 bits per heavy atom. The van der Waals surface area contributed by atoms with Crippen LogP contribution in [-0.2, 0) is 22.6 Å². The molecule has 1 heterocycles. The number of hydrogen-bond donors (Lipinski definition) is 1. The summed E-state index contributed by atoms with van der Waals surface area (Å²) in [6.45, 7) is 3.87. The molecule has 0 radical (unpaired) electrons. The molecular formula is C22H25N3O3. The lowest BCUT2D eigenvalue weighted by Gasteiger charge is -2.21. The molecule has 0 aliphatic carbocycles. The highest BCUT2D eigenvalue weighted by Gasteiger charge is 2.23. The Bertz CT molecular complexity index is 859. The smallest absolute Gasteiger partial charge is 0.370 e. The van der Waals surface area contributed by atoms with Crippen molar-refractivity contribution in [1.29, 1.82) is 5.26 Å². The molecule has 6 heteroatoms. The summed E-state index contributed by atoms with van der Waals surface area (Å²) in [5.41, 5.74) is 10.4. The molecule has 0 unspecified atom stereocenters. The van der Waals surface area contributed by atoms with Gasteiger partial charge in [-0.1, -0.05) is 24.3 Å². The highest BCUT2D eigenvalue weighted by molar-refractivity contribution is 5.88. The van der Waals surface area contributed by atoms with Crippen molar-refractivity contribution in [3.8, 4) is 6.07 Å². The number of rotatable bonds is 8. The summed E-state index contributed by atoms with van der Waals surface area (Å²) in [5, 5.41) is 9.57. The standard InChI is InChI=1S/C22H25N3O3/c1-16(24)12-17-13-19-8-10-25(21(19)20(14-17)15-23)9-5-11-27-28-22(26)18-6-3-2-4-7-18/h2-4,6-7,13-14,16H,5,8-12,24H2,1H3/t16-/m1/s1. The number of hydrogen-bond acceptors (Lipinski definition) is 6. The van der Waals surface area contributed by atoms with Crippen molar-refractivity contribution >= 4 is 11.7 Å². The van der Waals surface area contributed by atoms with Crippen LogP contribution < -0.4 is 10.6 Å². The van der Waals surface area contributed by atoms with Gasteiger partial charge in [0.1, 0.15) is 6.07 Å². The minimum Gasteiger partial charge on any atom is -0.370 e. The molecule has 0 saturated carbocycles. The number of benzene rings is 2. The average molecular weight is 379 g/mol. The lowest BCUT2D eigenvalue weighted by Crippen LogP contribution is -2.24. The van der Waals surface area contributed by atoms with Crippen LogP contribution in [0.2, 0.25) is 0 Å². The number of nitriles is 1. The molecule has 28 heavy (non-hydrogen) atoms. The first-order valence-electron chi connectivity index (χ1n) is 9.53. The van der Waals surface area contributed by atoms with Gasteiger partial charge in [0.05, 0.1) is 23.4 Å². The van der Waals surface area contributed by atoms with E-state index in [9.17, 15) is 10.1 Å². The van der Waals surface area contributed by atoms with Gasteiger partial charge in [0, 0.05) is 19.1 Å². The lowest BCUT2D eigenvalue weighted by molar-refractivity contribution is -0.240. The zero-order valence-electron chi connectivity index (χ0n) is 16.1. The summed E-state index contributed by atoms with van der Waals surface area (Å²) >= 11 is 0. The summed E-state index contributed by atoms with van der Waals surface area (Å²) in [5.74, 6) is -0.499. The minimum absolute atomic E-state index is 0.0674. The molecule has 146 valence electrons. The maximum absolute atomic E-state index is 11.8. The van der Waals surface area contributed by atoms with Crippen molar-refractivity contribution in [2.75, 3.05) is 24.6 Å². The second-order valence-electron chi connectivity index (χ2n) is 7.09. The molecule has 3 rings (SSSR count). The van der Waals surface area contributed by atoms with Gasteiger partial charge in [-0.25, -0.2) is 4.79 Å². The first-order chi connectivity index (χ1) is 13.6. The first-order valence-corrected chi connectivity index (χ1v) is 9.53. The Hall–Kier alpha value is -2.88. The molecule has 0 spiro atoms. The van der Waals surface area contributed by atoms with Crippen LogP contribution >= 0.6 is 0 Å². The summed E-state index contributed by atoms with van der Waals surface area (Å²) in [4.78, 5) is 23.9. The maximum atomic E-state index is 11.8. The zero-order valence-corrected chi connectivity index (χ0v) is 16.1. The van der Waals surface area contributed by atoms with Crippen LogP contribution in [0, 0.1) is 11.3 Å². The third-order valence-corrected chi connectivity index (χ3v) is 4.69. The molecule has 0 fully saturated rings. The van der Waals surface area contributed by atoms with Gasteiger partial charge in [-0.3, -0.25) is 4.89 Å². The van der Waals surface area contributed by atoms with Crippen LogP contribution in [0.1, 0.15) is 40.4 Å². The van der Waals surface area contributed by atoms with Gasteiger partial charge >= 0.3 is 5.97 Å². The van der Waals surface area contributed by atoms with E-state index < -0.39 is 5.97 Å². The lowest BCUT2D eigenvalue weighted by atomic mass is 9.99. The average Bonchev–Trinajstić information content (AvgIpc) is 3.10. The number of carbonyl (C=O) groups is 1. The molecule has 6 nitrogen and oxygen atoms in total. The molecule has 2 aromatic rings. The number of nitrogens with zero attached hydrogens (tertiary/aromatic N) is 2. The Labute approximate surface area is 165 Å². The van der Waals surface area contributed by atoms with Crippen molar-refractivity contribution in [3.05, 3.63) is 64.7 Å². The van der Waals surface area contributed by atoms with Crippen LogP contribution in [0.5, 0.6) is 0 Å². The summed E-state index contributed by atoms with van der Waals surface area (Å²) in [6, 6.07) is 15.2. The largest absolute Gasteiger partial charge is 0.373 e. The topological polar surface area (TPSA) is 88.6 Å². The van der Waals surface area contributed by atoms with Gasteiger partial charge in [0.2, 0.25) is 0 Å². The Morgan fingerprint density at radius 1 is 1.32 bits per heavy atom. The molecule has 1 aliphatic heterocycles. The van der Waals surface area contributed by atoms with Crippen molar-refractivity contribution in [1.82, 2.24) is 0 Å². The van der Waals surface area contributed by atoms with Gasteiger partial charge in [-0.2, -0.15) is 10.1 Å². The highest BCUT2D eigenvalue weighted by atomic mass is 17.2. The van der Waals surface area contributed by atoms with Crippen LogP contribution in [0.15, 0.2) is 42.5 Å². The number of fused-ring (bicyclic) bond motifs is 1. The fourth-order valence-corrected chi connectivity index (χ4v) is 3.52. The highest BCUT2D eigenvalue weighted by Crippen LogP contribution is 2.33. The summed E-state index contributed by atoms with van der Waals surface area (Å²) in [6.07, 6.45) is 2.37. The minimum atomic E-state index is -0.499. The van der Waals surface area contributed by atoms with Crippen molar-refractivity contribution < 1.29 is 14.6 Å². The van der Waals surface area contributed by atoms with E-state index in [1.807, 2.05) is 19.1 Å². The Morgan fingerprint density at radius 2 is 2.11 bits per heavy atom. The van der Waals surface area contributed by atoms with Gasteiger partial charge in [0.25, 0.3) is 0 Å². The fourth-order valence-electron chi connectivity index (χ4n) is 3.52. The zero-order chi connectivity index (χ0) is 19.9. The normalized spacial score (nSPS) is 13.7. The van der Waals surface area contributed by atoms with E-state index >= 15 is 0 Å². The first kappa shape index (κ1) is 19.9. The quantitative estimate of drug-likeness (QED) is 0.431. The Balaban J connectivity index is 1.51. The van der Waals surface area contributed by atoms with Crippen LogP contribution in [0.25, 0.3) is 0 Å². The van der Waals surface area contributed by atoms with Crippen molar-refractivity contribution in [2.45, 2.75) is 32.2 Å². The van der Waals surface area contributed by atoms with E-state index in [2.05, 4.69) is 17.0 Å². The van der Waals surface area contributed by atoms with Gasteiger partial charge < -0.3 is 10.6 Å². The third kappa shape index (κ3) is 4.89. The second kappa shape index (κ2) is 9.36. The molecule has 1 atom stereocenters. The van der Waals surface area contributed by atoms with Crippen LogP contribution in [0.3, 0.4) is 0 Å². The molecule has 0 saturated heterocycles. The van der Waals surface area contributed by atoms with Gasteiger partial charge in [-0.05, 0) is 55.5 Å². The predicted molar refractivity (Wildman–Crippen MR) is 107 cm³/mol. The van der Waals surface area contributed by atoms with Crippen LogP contribution in [0.4, 0.5) is 5.69 Å². The van der Waals surface area contributed by atoms with Gasteiger partial charge in [0.15, 0.2) is 0 Å². The molecule has 2 aromatic carbocycles. The van der Waals surface area contributed by atoms with E-state index in [0.29, 0.717) is 24.2 Å². The third-order valence-electron chi connectivity index (χ3n) is 4.69. The monoisotopic (exact) mass is 379 g/mol. The number of nitrogens with two attached hydrogens (primary N) is 1. The summed E-state index contributed by atoms with van der Waals surface area (Å²) < 4.78 is 0.